The second kappa shape index (κ2) is 3.55. The van der Waals surface area contributed by atoms with Gasteiger partial charge in [-0.3, -0.25) is 10.1 Å². The first-order valence-corrected chi connectivity index (χ1v) is 3.08. The molecule has 11 heavy (non-hydrogen) atoms. The molecule has 0 aliphatic heterocycles. The van der Waals surface area contributed by atoms with E-state index in [1.807, 2.05) is 6.07 Å². The van der Waals surface area contributed by atoms with Gasteiger partial charge in [0.2, 0.25) is 0 Å². The van der Waals surface area contributed by atoms with Crippen molar-refractivity contribution < 1.29 is 9.66 Å². The highest BCUT2D eigenvalue weighted by molar-refractivity contribution is 5.20. The van der Waals surface area contributed by atoms with Crippen LogP contribution in [0.2, 0.25) is 0 Å². The summed E-state index contributed by atoms with van der Waals surface area (Å²) in [5, 5.41) is 9.85. The van der Waals surface area contributed by atoms with Crippen LogP contribution in [0.1, 0.15) is 0 Å². The van der Waals surface area contributed by atoms with Gasteiger partial charge in [0.15, 0.2) is 0 Å². The van der Waals surface area contributed by atoms with E-state index in [1.165, 1.54) is 0 Å². The lowest BCUT2D eigenvalue weighted by atomic mass is 10.3. The molecule has 0 unspecified atom stereocenters. The van der Waals surface area contributed by atoms with Crippen LogP contribution in [0.25, 0.3) is 0 Å². The summed E-state index contributed by atoms with van der Waals surface area (Å²) in [5.41, 5.74) is 0. The predicted octanol–water partition coefficient (Wildman–Crippen LogP) is 1.30. The molecule has 58 valence electrons. The third-order valence-electron chi connectivity index (χ3n) is 1.08. The summed E-state index contributed by atoms with van der Waals surface area (Å²) in [6.45, 7) is -0.482. The average molecular weight is 153 g/mol. The molecule has 0 aromatic heterocycles. The Hall–Kier alpha value is -1.58. The molecule has 0 amide bonds. The molecule has 1 rings (SSSR count). The first-order valence-electron chi connectivity index (χ1n) is 3.08. The SMILES string of the molecule is O=[N+]([O-])COc1ccccc1. The van der Waals surface area contributed by atoms with Gasteiger partial charge < -0.3 is 4.74 Å². The van der Waals surface area contributed by atoms with Gasteiger partial charge in [0.1, 0.15) is 5.75 Å². The number of benzene rings is 1. The van der Waals surface area contributed by atoms with Gasteiger partial charge in [0.25, 0.3) is 0 Å². The molecule has 1 aromatic rings. The van der Waals surface area contributed by atoms with Gasteiger partial charge >= 0.3 is 6.73 Å². The van der Waals surface area contributed by atoms with Crippen LogP contribution in [0.4, 0.5) is 0 Å². The van der Waals surface area contributed by atoms with Gasteiger partial charge in [0, 0.05) is 0 Å². The quantitative estimate of drug-likeness (QED) is 0.373. The van der Waals surface area contributed by atoms with Crippen LogP contribution in [0.3, 0.4) is 0 Å². The summed E-state index contributed by atoms with van der Waals surface area (Å²) in [4.78, 5) is 9.33. The van der Waals surface area contributed by atoms with E-state index in [4.69, 9.17) is 4.74 Å². The van der Waals surface area contributed by atoms with Crippen molar-refractivity contribution in [2.75, 3.05) is 6.73 Å². The maximum atomic E-state index is 9.85. The lowest BCUT2D eigenvalue weighted by molar-refractivity contribution is -0.514. The second-order valence-electron chi connectivity index (χ2n) is 1.92. The van der Waals surface area contributed by atoms with E-state index < -0.39 is 11.7 Å². The first-order chi connectivity index (χ1) is 5.29. The minimum absolute atomic E-state index is 0.482. The molecule has 1 aromatic carbocycles. The van der Waals surface area contributed by atoms with Crippen molar-refractivity contribution in [3.63, 3.8) is 0 Å². The summed E-state index contributed by atoms with van der Waals surface area (Å²) in [6.07, 6.45) is 0. The molecular formula is C7H7NO3. The molecule has 0 aliphatic rings. The van der Waals surface area contributed by atoms with E-state index >= 15 is 0 Å². The van der Waals surface area contributed by atoms with E-state index in [1.54, 1.807) is 24.3 Å². The van der Waals surface area contributed by atoms with E-state index in [-0.39, 0.29) is 0 Å². The molecular weight excluding hydrogens is 146 g/mol. The largest absolute Gasteiger partial charge is 0.432 e. The number of para-hydroxylation sites is 1. The number of nitro groups is 1. The first kappa shape index (κ1) is 7.53. The molecule has 0 fully saturated rings. The van der Waals surface area contributed by atoms with Crippen molar-refractivity contribution in [1.82, 2.24) is 0 Å². The molecule has 0 spiro atoms. The molecule has 0 bridgehead atoms. The predicted molar refractivity (Wildman–Crippen MR) is 38.9 cm³/mol. The van der Waals surface area contributed by atoms with Crippen molar-refractivity contribution in [1.29, 1.82) is 0 Å². The maximum absolute atomic E-state index is 9.85. The highest BCUT2D eigenvalue weighted by Gasteiger charge is 1.95. The summed E-state index contributed by atoms with van der Waals surface area (Å²) < 4.78 is 4.77. The minimum Gasteiger partial charge on any atom is -0.432 e. The van der Waals surface area contributed by atoms with Crippen molar-refractivity contribution >= 4 is 0 Å². The smallest absolute Gasteiger partial charge is 0.344 e. The molecule has 0 radical (unpaired) electrons. The molecule has 0 heterocycles. The molecule has 4 nitrogen and oxygen atoms in total. The van der Waals surface area contributed by atoms with Crippen molar-refractivity contribution in [3.8, 4) is 5.75 Å². The van der Waals surface area contributed by atoms with E-state index in [0.717, 1.165) is 0 Å². The van der Waals surface area contributed by atoms with Gasteiger partial charge in [0.05, 0.1) is 4.92 Å². The Balaban J connectivity index is 2.45. The Labute approximate surface area is 63.6 Å². The second-order valence-corrected chi connectivity index (χ2v) is 1.92. The highest BCUT2D eigenvalue weighted by atomic mass is 16.7. The van der Waals surface area contributed by atoms with Crippen LogP contribution in [0.5, 0.6) is 5.75 Å². The Kier molecular flexibility index (Phi) is 2.43. The van der Waals surface area contributed by atoms with Crippen LogP contribution in [0, 0.1) is 10.1 Å². The van der Waals surface area contributed by atoms with E-state index in [9.17, 15) is 10.1 Å². The van der Waals surface area contributed by atoms with Crippen LogP contribution in [-0.2, 0) is 0 Å². The van der Waals surface area contributed by atoms with Crippen molar-refractivity contribution in [2.45, 2.75) is 0 Å². The molecule has 0 saturated carbocycles. The maximum Gasteiger partial charge on any atom is 0.344 e. The number of hydrogen-bond acceptors (Lipinski definition) is 3. The van der Waals surface area contributed by atoms with Gasteiger partial charge in [-0.1, -0.05) is 18.2 Å². The van der Waals surface area contributed by atoms with E-state index in [0.29, 0.717) is 5.75 Å². The van der Waals surface area contributed by atoms with Gasteiger partial charge in [-0.15, -0.1) is 0 Å². The summed E-state index contributed by atoms with van der Waals surface area (Å²) in [5.74, 6) is 0.518. The fourth-order valence-corrected chi connectivity index (χ4v) is 0.644. The third-order valence-corrected chi connectivity index (χ3v) is 1.08. The monoisotopic (exact) mass is 153 g/mol. The molecule has 0 N–H and O–H groups in total. The fraction of sp³-hybridized carbons (Fsp3) is 0.143. The number of rotatable bonds is 3. The van der Waals surface area contributed by atoms with Gasteiger partial charge in [-0.25, -0.2) is 0 Å². The number of nitrogens with zero attached hydrogens (tertiary/aromatic N) is 1. The minimum atomic E-state index is -0.521. The van der Waals surface area contributed by atoms with E-state index in [2.05, 4.69) is 0 Å². The Morgan fingerprint density at radius 1 is 1.36 bits per heavy atom. The van der Waals surface area contributed by atoms with Crippen LogP contribution in [-0.4, -0.2) is 11.7 Å². The Morgan fingerprint density at radius 2 is 2.00 bits per heavy atom. The summed E-state index contributed by atoms with van der Waals surface area (Å²) in [6, 6.07) is 8.68. The van der Waals surface area contributed by atoms with Crippen LogP contribution < -0.4 is 4.74 Å². The van der Waals surface area contributed by atoms with Crippen molar-refractivity contribution in [2.24, 2.45) is 0 Å². The summed E-state index contributed by atoms with van der Waals surface area (Å²) >= 11 is 0. The average Bonchev–Trinajstić information content (AvgIpc) is 2.03. The summed E-state index contributed by atoms with van der Waals surface area (Å²) in [7, 11) is 0. The van der Waals surface area contributed by atoms with Crippen molar-refractivity contribution in [3.05, 3.63) is 40.4 Å². The Bertz CT molecular complexity index is 235. The molecule has 0 aliphatic carbocycles. The van der Waals surface area contributed by atoms with Gasteiger partial charge in [-0.2, -0.15) is 0 Å². The fourth-order valence-electron chi connectivity index (χ4n) is 0.644. The lowest BCUT2D eigenvalue weighted by Gasteiger charge is -1.98. The third kappa shape index (κ3) is 2.66. The zero-order chi connectivity index (χ0) is 8.10. The van der Waals surface area contributed by atoms with Gasteiger partial charge in [-0.05, 0) is 12.1 Å². The van der Waals surface area contributed by atoms with Crippen LogP contribution >= 0.6 is 0 Å². The zero-order valence-electron chi connectivity index (χ0n) is 5.77. The van der Waals surface area contributed by atoms with Crippen LogP contribution in [0.15, 0.2) is 30.3 Å². The number of ether oxygens (including phenoxy) is 1. The number of hydrogen-bond donors (Lipinski definition) is 0. The topological polar surface area (TPSA) is 52.4 Å². The lowest BCUT2D eigenvalue weighted by Crippen LogP contribution is -2.07. The zero-order valence-corrected chi connectivity index (χ0v) is 5.77. The molecule has 0 saturated heterocycles. The highest BCUT2D eigenvalue weighted by Crippen LogP contribution is 2.07. The Morgan fingerprint density at radius 3 is 2.55 bits per heavy atom. The molecule has 4 heteroatoms. The molecule has 0 atom stereocenters. The normalized spacial score (nSPS) is 9.09. The standard InChI is InChI=1S/C7H7NO3/c9-8(10)6-11-7-4-2-1-3-5-7/h1-5H,6H2.